The summed E-state index contributed by atoms with van der Waals surface area (Å²) in [5.74, 6) is -0.965. The molecular weight excluding hydrogens is 188 g/mol. The second kappa shape index (κ2) is 3.69. The van der Waals surface area contributed by atoms with E-state index in [9.17, 15) is 4.79 Å². The van der Waals surface area contributed by atoms with Crippen LogP contribution >= 0.6 is 0 Å². The summed E-state index contributed by atoms with van der Waals surface area (Å²) in [6.45, 7) is 4.11. The van der Waals surface area contributed by atoms with Gasteiger partial charge in [0, 0.05) is 0 Å². The van der Waals surface area contributed by atoms with Gasteiger partial charge in [-0.05, 0) is 49.8 Å². The highest BCUT2D eigenvalue weighted by atomic mass is 16.4. The molecule has 0 radical (unpaired) electrons. The number of aryl methyl sites for hydroxylation is 2. The maximum absolute atomic E-state index is 11.1. The minimum absolute atomic E-state index is 0.285. The molecule has 1 atom stereocenters. The zero-order valence-corrected chi connectivity index (χ0v) is 9.21. The lowest BCUT2D eigenvalue weighted by atomic mass is 9.80. The first kappa shape index (κ1) is 10.2. The average Bonchev–Trinajstić information content (AvgIpc) is 2.16. The van der Waals surface area contributed by atoms with Crippen LogP contribution in [0.4, 0.5) is 0 Å². The Kier molecular flexibility index (Phi) is 2.51. The molecule has 1 aromatic rings. The normalized spacial score (nSPS) is 19.7. The molecule has 80 valence electrons. The average molecular weight is 204 g/mol. The Hall–Kier alpha value is -1.31. The van der Waals surface area contributed by atoms with Gasteiger partial charge in [0.15, 0.2) is 0 Å². The zero-order valence-electron chi connectivity index (χ0n) is 9.21. The molecule has 1 aliphatic rings. The largest absolute Gasteiger partial charge is 0.481 e. The van der Waals surface area contributed by atoms with Crippen molar-refractivity contribution in [2.75, 3.05) is 0 Å². The summed E-state index contributed by atoms with van der Waals surface area (Å²) < 4.78 is 0. The van der Waals surface area contributed by atoms with E-state index in [-0.39, 0.29) is 5.92 Å². The Morgan fingerprint density at radius 2 is 2.13 bits per heavy atom. The maximum atomic E-state index is 11.1. The van der Waals surface area contributed by atoms with E-state index in [1.807, 2.05) is 13.0 Å². The lowest BCUT2D eigenvalue weighted by Crippen LogP contribution is -2.19. The molecule has 0 saturated heterocycles. The Labute approximate surface area is 89.9 Å². The predicted molar refractivity (Wildman–Crippen MR) is 59.2 cm³/mol. The third kappa shape index (κ3) is 1.76. The fourth-order valence-corrected chi connectivity index (χ4v) is 2.58. The number of hydrogen-bond donors (Lipinski definition) is 1. The quantitative estimate of drug-likeness (QED) is 0.763. The monoisotopic (exact) mass is 204 g/mol. The second-order valence-corrected chi connectivity index (χ2v) is 4.43. The van der Waals surface area contributed by atoms with Gasteiger partial charge in [-0.1, -0.05) is 17.7 Å². The molecule has 0 amide bonds. The van der Waals surface area contributed by atoms with Crippen LogP contribution in [0.3, 0.4) is 0 Å². The van der Waals surface area contributed by atoms with Crippen LogP contribution in [0.15, 0.2) is 12.1 Å². The Bertz CT molecular complexity index is 407. The van der Waals surface area contributed by atoms with Crippen molar-refractivity contribution >= 4 is 5.97 Å². The highest BCUT2D eigenvalue weighted by molar-refractivity contribution is 5.77. The lowest BCUT2D eigenvalue weighted by molar-refractivity contribution is -0.139. The van der Waals surface area contributed by atoms with Crippen LogP contribution in [0.25, 0.3) is 0 Å². The lowest BCUT2D eigenvalue weighted by Gasteiger charge is -2.24. The smallest absolute Gasteiger partial charge is 0.310 e. The molecule has 0 heterocycles. The van der Waals surface area contributed by atoms with Crippen LogP contribution in [0.5, 0.6) is 0 Å². The zero-order chi connectivity index (χ0) is 11.0. The van der Waals surface area contributed by atoms with Crippen molar-refractivity contribution in [2.24, 2.45) is 0 Å². The van der Waals surface area contributed by atoms with Crippen molar-refractivity contribution in [1.82, 2.24) is 0 Å². The fraction of sp³-hybridized carbons (Fsp3) is 0.462. The van der Waals surface area contributed by atoms with Gasteiger partial charge in [-0.3, -0.25) is 4.79 Å². The summed E-state index contributed by atoms with van der Waals surface area (Å²) in [4.78, 5) is 11.1. The molecule has 2 rings (SSSR count). The number of carboxylic acid groups (broad SMARTS) is 1. The SMILES string of the molecule is Cc1cc(C)c2c(c1)C(C(=O)O)CCC2. The minimum Gasteiger partial charge on any atom is -0.481 e. The van der Waals surface area contributed by atoms with Gasteiger partial charge in [-0.15, -0.1) is 0 Å². The predicted octanol–water partition coefficient (Wildman–Crippen LogP) is 2.81. The first-order valence-corrected chi connectivity index (χ1v) is 5.42. The molecule has 2 heteroatoms. The Morgan fingerprint density at radius 3 is 2.80 bits per heavy atom. The van der Waals surface area contributed by atoms with Crippen molar-refractivity contribution < 1.29 is 9.90 Å². The van der Waals surface area contributed by atoms with Crippen LogP contribution in [-0.2, 0) is 11.2 Å². The van der Waals surface area contributed by atoms with E-state index in [2.05, 4.69) is 13.0 Å². The van der Waals surface area contributed by atoms with Gasteiger partial charge in [0.2, 0.25) is 0 Å². The first-order chi connectivity index (χ1) is 7.09. The molecule has 1 N–H and O–H groups in total. The molecule has 0 bridgehead atoms. The van der Waals surface area contributed by atoms with Crippen molar-refractivity contribution in [2.45, 2.75) is 39.0 Å². The number of rotatable bonds is 1. The molecule has 0 aliphatic heterocycles. The number of hydrogen-bond acceptors (Lipinski definition) is 1. The molecule has 0 saturated carbocycles. The van der Waals surface area contributed by atoms with E-state index in [4.69, 9.17) is 5.11 Å². The van der Waals surface area contributed by atoms with Crippen LogP contribution in [-0.4, -0.2) is 11.1 Å². The van der Waals surface area contributed by atoms with Gasteiger partial charge in [0.25, 0.3) is 0 Å². The van der Waals surface area contributed by atoms with Gasteiger partial charge in [-0.2, -0.15) is 0 Å². The first-order valence-electron chi connectivity index (χ1n) is 5.42. The molecule has 0 spiro atoms. The van der Waals surface area contributed by atoms with Crippen molar-refractivity contribution in [3.05, 3.63) is 34.4 Å². The number of fused-ring (bicyclic) bond motifs is 1. The molecule has 1 aromatic carbocycles. The van der Waals surface area contributed by atoms with Crippen LogP contribution in [0.1, 0.15) is 41.0 Å². The fourth-order valence-electron chi connectivity index (χ4n) is 2.58. The molecule has 1 aliphatic carbocycles. The standard InChI is InChI=1S/C13H16O2/c1-8-6-9(2)10-4-3-5-11(13(14)15)12(10)7-8/h6-7,11H,3-5H2,1-2H3,(H,14,15). The van der Waals surface area contributed by atoms with Crippen LogP contribution in [0, 0.1) is 13.8 Å². The molecular formula is C13H16O2. The van der Waals surface area contributed by atoms with Crippen LogP contribution < -0.4 is 0 Å². The molecule has 15 heavy (non-hydrogen) atoms. The Balaban J connectivity index is 2.55. The third-order valence-electron chi connectivity index (χ3n) is 3.24. The minimum atomic E-state index is -0.680. The number of aliphatic carboxylic acids is 1. The summed E-state index contributed by atoms with van der Waals surface area (Å²) in [7, 11) is 0. The van der Waals surface area contributed by atoms with E-state index in [1.165, 1.54) is 16.7 Å². The summed E-state index contributed by atoms with van der Waals surface area (Å²) in [5, 5.41) is 9.17. The summed E-state index contributed by atoms with van der Waals surface area (Å²) in [6, 6.07) is 4.18. The van der Waals surface area contributed by atoms with Gasteiger partial charge in [0.1, 0.15) is 0 Å². The molecule has 1 unspecified atom stereocenters. The van der Waals surface area contributed by atoms with E-state index in [1.54, 1.807) is 0 Å². The van der Waals surface area contributed by atoms with Crippen molar-refractivity contribution in [1.29, 1.82) is 0 Å². The van der Waals surface area contributed by atoms with Gasteiger partial charge in [-0.25, -0.2) is 0 Å². The molecule has 2 nitrogen and oxygen atoms in total. The van der Waals surface area contributed by atoms with E-state index >= 15 is 0 Å². The van der Waals surface area contributed by atoms with E-state index < -0.39 is 5.97 Å². The third-order valence-corrected chi connectivity index (χ3v) is 3.24. The van der Waals surface area contributed by atoms with Gasteiger partial charge in [0.05, 0.1) is 5.92 Å². The van der Waals surface area contributed by atoms with Gasteiger partial charge < -0.3 is 5.11 Å². The molecule has 0 aromatic heterocycles. The van der Waals surface area contributed by atoms with Crippen molar-refractivity contribution in [3.8, 4) is 0 Å². The maximum Gasteiger partial charge on any atom is 0.310 e. The summed E-state index contributed by atoms with van der Waals surface area (Å²) in [5.41, 5.74) is 4.72. The highest BCUT2D eigenvalue weighted by Gasteiger charge is 2.26. The van der Waals surface area contributed by atoms with E-state index in [0.29, 0.717) is 0 Å². The summed E-state index contributed by atoms with van der Waals surface area (Å²) >= 11 is 0. The van der Waals surface area contributed by atoms with Gasteiger partial charge >= 0.3 is 5.97 Å². The number of carbonyl (C=O) groups is 1. The Morgan fingerprint density at radius 1 is 1.40 bits per heavy atom. The van der Waals surface area contributed by atoms with E-state index in [0.717, 1.165) is 24.8 Å². The number of carboxylic acids is 1. The number of benzene rings is 1. The highest BCUT2D eigenvalue weighted by Crippen LogP contribution is 2.34. The van der Waals surface area contributed by atoms with Crippen molar-refractivity contribution in [3.63, 3.8) is 0 Å². The second-order valence-electron chi connectivity index (χ2n) is 4.43. The summed E-state index contributed by atoms with van der Waals surface area (Å²) in [6.07, 6.45) is 2.81. The topological polar surface area (TPSA) is 37.3 Å². The van der Waals surface area contributed by atoms with Crippen LogP contribution in [0.2, 0.25) is 0 Å². The molecule has 0 fully saturated rings.